The van der Waals surface area contributed by atoms with Crippen LogP contribution in [-0.2, 0) is 7.05 Å². The van der Waals surface area contributed by atoms with E-state index in [1.165, 1.54) is 0 Å². The lowest BCUT2D eigenvalue weighted by atomic mass is 10.1. The minimum absolute atomic E-state index is 0.106. The van der Waals surface area contributed by atoms with Crippen LogP contribution in [-0.4, -0.2) is 26.8 Å². The highest BCUT2D eigenvalue weighted by molar-refractivity contribution is 5.80. The third-order valence-corrected chi connectivity index (χ3v) is 4.47. The standard InChI is InChI=1S/C21H18N4O3/c1-13-21(26)25(2)18-10-7-15(12-17(18)22-13)20-23-19(28-24-20)11-6-14-4-8-16(27-3)9-5-14/h4-12H,1-3H3/b11-6+. The molecule has 0 amide bonds. The number of hydrogen-bond acceptors (Lipinski definition) is 6. The van der Waals surface area contributed by atoms with Gasteiger partial charge in [-0.25, -0.2) is 4.98 Å². The van der Waals surface area contributed by atoms with Crippen LogP contribution in [0.4, 0.5) is 0 Å². The van der Waals surface area contributed by atoms with Crippen LogP contribution in [0, 0.1) is 6.92 Å². The van der Waals surface area contributed by atoms with E-state index < -0.39 is 0 Å². The van der Waals surface area contributed by atoms with Crippen molar-refractivity contribution >= 4 is 23.2 Å². The summed E-state index contributed by atoms with van der Waals surface area (Å²) in [5.74, 6) is 1.66. The fraction of sp³-hybridized carbons (Fsp3) is 0.143. The molecule has 0 radical (unpaired) electrons. The molecule has 0 atom stereocenters. The normalized spacial score (nSPS) is 11.4. The smallest absolute Gasteiger partial charge is 0.272 e. The molecule has 2 aromatic carbocycles. The Labute approximate surface area is 160 Å². The van der Waals surface area contributed by atoms with Gasteiger partial charge in [0.05, 0.1) is 18.1 Å². The summed E-state index contributed by atoms with van der Waals surface area (Å²) in [6.45, 7) is 1.70. The van der Waals surface area contributed by atoms with Gasteiger partial charge in [0, 0.05) is 18.7 Å². The molecule has 2 aromatic heterocycles. The van der Waals surface area contributed by atoms with Gasteiger partial charge in [0.15, 0.2) is 0 Å². The third-order valence-electron chi connectivity index (χ3n) is 4.47. The molecule has 140 valence electrons. The Bertz CT molecular complexity index is 1240. The molecule has 0 unspecified atom stereocenters. The molecular formula is C21H18N4O3. The zero-order valence-electron chi connectivity index (χ0n) is 15.7. The average molecular weight is 374 g/mol. The average Bonchev–Trinajstić information content (AvgIpc) is 3.20. The fourth-order valence-corrected chi connectivity index (χ4v) is 2.92. The first-order chi connectivity index (χ1) is 13.5. The van der Waals surface area contributed by atoms with Gasteiger partial charge in [-0.1, -0.05) is 17.3 Å². The maximum atomic E-state index is 12.0. The lowest BCUT2D eigenvalue weighted by molar-refractivity contribution is 0.411. The highest BCUT2D eigenvalue weighted by Gasteiger charge is 2.10. The molecule has 4 rings (SSSR count). The number of benzene rings is 2. The van der Waals surface area contributed by atoms with Crippen molar-refractivity contribution in [2.24, 2.45) is 7.05 Å². The number of ether oxygens (including phenoxy) is 1. The van der Waals surface area contributed by atoms with Crippen molar-refractivity contribution in [2.45, 2.75) is 6.92 Å². The van der Waals surface area contributed by atoms with Gasteiger partial charge in [-0.15, -0.1) is 0 Å². The van der Waals surface area contributed by atoms with Crippen LogP contribution in [0.2, 0.25) is 0 Å². The molecule has 7 heteroatoms. The van der Waals surface area contributed by atoms with Crippen molar-refractivity contribution in [1.82, 2.24) is 19.7 Å². The number of hydrogen-bond donors (Lipinski definition) is 0. The Morgan fingerprint density at radius 1 is 1.07 bits per heavy atom. The molecular weight excluding hydrogens is 356 g/mol. The lowest BCUT2D eigenvalue weighted by Crippen LogP contribution is -2.20. The van der Waals surface area contributed by atoms with Gasteiger partial charge in [-0.3, -0.25) is 4.79 Å². The lowest BCUT2D eigenvalue weighted by Gasteiger charge is -2.06. The number of fused-ring (bicyclic) bond motifs is 1. The van der Waals surface area contributed by atoms with Gasteiger partial charge < -0.3 is 13.8 Å². The Hall–Kier alpha value is -3.74. The second-order valence-electron chi connectivity index (χ2n) is 6.33. The zero-order chi connectivity index (χ0) is 19.7. The molecule has 28 heavy (non-hydrogen) atoms. The summed E-state index contributed by atoms with van der Waals surface area (Å²) in [5, 5.41) is 4.04. The molecule has 0 fully saturated rings. The molecule has 0 aliphatic rings. The quantitative estimate of drug-likeness (QED) is 0.544. The predicted molar refractivity (Wildman–Crippen MR) is 107 cm³/mol. The van der Waals surface area contributed by atoms with Crippen LogP contribution in [0.5, 0.6) is 5.75 Å². The highest BCUT2D eigenvalue weighted by Crippen LogP contribution is 2.21. The molecule has 0 aliphatic heterocycles. The van der Waals surface area contributed by atoms with E-state index in [1.807, 2.05) is 48.5 Å². The maximum absolute atomic E-state index is 12.0. The molecule has 0 N–H and O–H groups in total. The monoisotopic (exact) mass is 374 g/mol. The summed E-state index contributed by atoms with van der Waals surface area (Å²) >= 11 is 0. The SMILES string of the molecule is COc1ccc(/C=C/c2nc(-c3ccc4c(c3)nc(C)c(=O)n4C)no2)cc1. The minimum atomic E-state index is -0.106. The summed E-state index contributed by atoms with van der Waals surface area (Å²) in [6.07, 6.45) is 3.64. The van der Waals surface area contributed by atoms with E-state index in [0.29, 0.717) is 22.9 Å². The number of aromatic nitrogens is 4. The fourth-order valence-electron chi connectivity index (χ4n) is 2.92. The summed E-state index contributed by atoms with van der Waals surface area (Å²) < 4.78 is 12.0. The number of methoxy groups -OCH3 is 1. The summed E-state index contributed by atoms with van der Waals surface area (Å²) in [5.41, 5.74) is 3.56. The van der Waals surface area contributed by atoms with E-state index in [-0.39, 0.29) is 5.56 Å². The summed E-state index contributed by atoms with van der Waals surface area (Å²) in [6, 6.07) is 13.2. The largest absolute Gasteiger partial charge is 0.497 e. The van der Waals surface area contributed by atoms with Gasteiger partial charge in [-0.05, 0) is 48.9 Å². The minimum Gasteiger partial charge on any atom is -0.497 e. The Kier molecular flexibility index (Phi) is 4.49. The third kappa shape index (κ3) is 3.29. The van der Waals surface area contributed by atoms with Gasteiger partial charge in [0.1, 0.15) is 11.4 Å². The first-order valence-corrected chi connectivity index (χ1v) is 8.69. The molecule has 4 aromatic rings. The van der Waals surface area contributed by atoms with E-state index in [9.17, 15) is 4.79 Å². The number of rotatable bonds is 4. The molecule has 0 saturated heterocycles. The molecule has 2 heterocycles. The second-order valence-corrected chi connectivity index (χ2v) is 6.33. The van der Waals surface area contributed by atoms with Crippen LogP contribution in [0.15, 0.2) is 51.8 Å². The zero-order valence-corrected chi connectivity index (χ0v) is 15.7. The molecule has 0 saturated carbocycles. The van der Waals surface area contributed by atoms with Gasteiger partial charge in [-0.2, -0.15) is 4.98 Å². The van der Waals surface area contributed by atoms with Gasteiger partial charge in [0.2, 0.25) is 5.82 Å². The van der Waals surface area contributed by atoms with Crippen LogP contribution < -0.4 is 10.3 Å². The molecule has 0 bridgehead atoms. The number of nitrogens with zero attached hydrogens (tertiary/aromatic N) is 4. The second kappa shape index (κ2) is 7.11. The van der Waals surface area contributed by atoms with Crippen molar-refractivity contribution in [2.75, 3.05) is 7.11 Å². The first kappa shape index (κ1) is 17.7. The van der Waals surface area contributed by atoms with Crippen molar-refractivity contribution in [3.05, 3.63) is 70.0 Å². The first-order valence-electron chi connectivity index (χ1n) is 8.69. The van der Waals surface area contributed by atoms with E-state index in [0.717, 1.165) is 22.4 Å². The Balaban J connectivity index is 1.62. The van der Waals surface area contributed by atoms with Crippen molar-refractivity contribution in [3.63, 3.8) is 0 Å². The van der Waals surface area contributed by atoms with Crippen molar-refractivity contribution in [1.29, 1.82) is 0 Å². The molecule has 7 nitrogen and oxygen atoms in total. The highest BCUT2D eigenvalue weighted by atomic mass is 16.5. The summed E-state index contributed by atoms with van der Waals surface area (Å²) in [4.78, 5) is 20.8. The Morgan fingerprint density at radius 2 is 1.86 bits per heavy atom. The topological polar surface area (TPSA) is 83.0 Å². The number of aryl methyl sites for hydroxylation is 2. The Morgan fingerprint density at radius 3 is 2.61 bits per heavy atom. The summed E-state index contributed by atoms with van der Waals surface area (Å²) in [7, 11) is 3.36. The van der Waals surface area contributed by atoms with Crippen LogP contribution >= 0.6 is 0 Å². The molecule has 0 spiro atoms. The van der Waals surface area contributed by atoms with Gasteiger partial charge in [0.25, 0.3) is 11.4 Å². The van der Waals surface area contributed by atoms with Crippen LogP contribution in [0.1, 0.15) is 17.1 Å². The van der Waals surface area contributed by atoms with E-state index in [2.05, 4.69) is 15.1 Å². The molecule has 0 aliphatic carbocycles. The predicted octanol–water partition coefficient (Wildman–Crippen LogP) is 3.47. The van der Waals surface area contributed by atoms with Crippen LogP contribution in [0.25, 0.3) is 34.6 Å². The van der Waals surface area contributed by atoms with E-state index >= 15 is 0 Å². The van der Waals surface area contributed by atoms with Crippen molar-refractivity contribution in [3.8, 4) is 17.1 Å². The van der Waals surface area contributed by atoms with E-state index in [1.54, 1.807) is 31.7 Å². The van der Waals surface area contributed by atoms with Crippen LogP contribution in [0.3, 0.4) is 0 Å². The van der Waals surface area contributed by atoms with Crippen molar-refractivity contribution < 1.29 is 9.26 Å². The van der Waals surface area contributed by atoms with Gasteiger partial charge >= 0.3 is 0 Å². The van der Waals surface area contributed by atoms with E-state index in [4.69, 9.17) is 9.26 Å². The maximum Gasteiger partial charge on any atom is 0.272 e.